The van der Waals surface area contributed by atoms with Crippen LogP contribution in [-0.4, -0.2) is 17.2 Å². The lowest BCUT2D eigenvalue weighted by molar-refractivity contribution is 0.0683. The van der Waals surface area contributed by atoms with Crippen molar-refractivity contribution in [1.29, 1.82) is 0 Å². The summed E-state index contributed by atoms with van der Waals surface area (Å²) in [4.78, 5) is 11.2. The van der Waals surface area contributed by atoms with Crippen LogP contribution in [0.1, 0.15) is 54.9 Å². The molecule has 1 aromatic carbocycles. The van der Waals surface area contributed by atoms with Crippen molar-refractivity contribution in [3.05, 3.63) is 29.3 Å². The lowest BCUT2D eigenvalue weighted by atomic mass is 9.86. The first kappa shape index (κ1) is 13.9. The Morgan fingerprint density at radius 1 is 1.32 bits per heavy atom. The number of carboxylic acid groups (broad SMARTS) is 1. The molecule has 0 spiro atoms. The first-order valence-corrected chi connectivity index (χ1v) is 7.11. The first-order chi connectivity index (χ1) is 9.11. The average Bonchev–Trinajstić information content (AvgIpc) is 2.41. The highest BCUT2D eigenvalue weighted by molar-refractivity contribution is 5.91. The van der Waals surface area contributed by atoms with Gasteiger partial charge in [-0.3, -0.25) is 0 Å². The molecule has 1 aliphatic rings. The van der Waals surface area contributed by atoms with Gasteiger partial charge in [0.1, 0.15) is 11.3 Å². The summed E-state index contributed by atoms with van der Waals surface area (Å²) >= 11 is 0. The number of hydrogen-bond acceptors (Lipinski definition) is 2. The van der Waals surface area contributed by atoms with Gasteiger partial charge in [0.2, 0.25) is 0 Å². The highest BCUT2D eigenvalue weighted by atomic mass is 16.5. The van der Waals surface area contributed by atoms with E-state index < -0.39 is 5.97 Å². The SMILES string of the molecule is CCC1CCC(Oc2c(C)cccc2C(=O)O)CC1. The van der Waals surface area contributed by atoms with Crippen LogP contribution in [0.4, 0.5) is 0 Å². The third-order valence-corrected chi connectivity index (χ3v) is 4.10. The van der Waals surface area contributed by atoms with Crippen LogP contribution in [0.15, 0.2) is 18.2 Å². The van der Waals surface area contributed by atoms with Gasteiger partial charge in [-0.15, -0.1) is 0 Å². The Balaban J connectivity index is 2.09. The second-order valence-electron chi connectivity index (χ2n) is 5.43. The van der Waals surface area contributed by atoms with Gasteiger partial charge in [0.05, 0.1) is 6.10 Å². The standard InChI is InChI=1S/C16H22O3/c1-3-12-7-9-13(10-8-12)19-15-11(2)5-4-6-14(15)16(17)18/h4-6,12-13H,3,7-10H2,1-2H3,(H,17,18). The molecule has 3 heteroatoms. The maximum Gasteiger partial charge on any atom is 0.339 e. The van der Waals surface area contributed by atoms with Crippen LogP contribution < -0.4 is 4.74 Å². The zero-order valence-electron chi connectivity index (χ0n) is 11.7. The lowest BCUT2D eigenvalue weighted by Gasteiger charge is -2.29. The molecule has 0 aromatic heterocycles. The molecule has 0 radical (unpaired) electrons. The molecule has 0 amide bonds. The summed E-state index contributed by atoms with van der Waals surface area (Å²) in [6.07, 6.45) is 5.85. The fraction of sp³-hybridized carbons (Fsp3) is 0.562. The van der Waals surface area contributed by atoms with Gasteiger partial charge in [0.15, 0.2) is 0 Å². The van der Waals surface area contributed by atoms with E-state index in [1.807, 2.05) is 13.0 Å². The zero-order valence-corrected chi connectivity index (χ0v) is 11.7. The van der Waals surface area contributed by atoms with Crippen molar-refractivity contribution in [3.8, 4) is 5.75 Å². The summed E-state index contributed by atoms with van der Waals surface area (Å²) in [5.74, 6) is 0.451. The summed E-state index contributed by atoms with van der Waals surface area (Å²) < 4.78 is 5.99. The first-order valence-electron chi connectivity index (χ1n) is 7.11. The molecule has 1 saturated carbocycles. The predicted octanol–water partition coefficient (Wildman–Crippen LogP) is 4.04. The highest BCUT2D eigenvalue weighted by Crippen LogP contribution is 2.32. The molecule has 1 N–H and O–H groups in total. The largest absolute Gasteiger partial charge is 0.489 e. The summed E-state index contributed by atoms with van der Waals surface area (Å²) in [6.45, 7) is 4.13. The van der Waals surface area contributed by atoms with E-state index in [1.54, 1.807) is 12.1 Å². The molecule has 0 heterocycles. The van der Waals surface area contributed by atoms with Gasteiger partial charge >= 0.3 is 5.97 Å². The van der Waals surface area contributed by atoms with Crippen LogP contribution in [0.3, 0.4) is 0 Å². The number of benzene rings is 1. The molecular formula is C16H22O3. The van der Waals surface area contributed by atoms with Crippen molar-refractivity contribution in [1.82, 2.24) is 0 Å². The minimum atomic E-state index is -0.916. The molecule has 0 bridgehead atoms. The molecule has 0 saturated heterocycles. The van der Waals surface area contributed by atoms with E-state index in [0.717, 1.165) is 24.3 Å². The molecule has 2 rings (SSSR count). The van der Waals surface area contributed by atoms with Crippen LogP contribution in [0.2, 0.25) is 0 Å². The Labute approximate surface area is 114 Å². The van der Waals surface area contributed by atoms with Crippen LogP contribution >= 0.6 is 0 Å². The molecular weight excluding hydrogens is 240 g/mol. The Kier molecular flexibility index (Phi) is 4.46. The van der Waals surface area contributed by atoms with Gasteiger partial charge < -0.3 is 9.84 Å². The molecule has 104 valence electrons. The highest BCUT2D eigenvalue weighted by Gasteiger charge is 2.23. The normalized spacial score (nSPS) is 23.1. The third kappa shape index (κ3) is 3.28. The third-order valence-electron chi connectivity index (χ3n) is 4.10. The average molecular weight is 262 g/mol. The summed E-state index contributed by atoms with van der Waals surface area (Å²) in [6, 6.07) is 5.28. The smallest absolute Gasteiger partial charge is 0.339 e. The van der Waals surface area contributed by atoms with Crippen molar-refractivity contribution in [2.75, 3.05) is 0 Å². The number of carbonyl (C=O) groups is 1. The number of ether oxygens (including phenoxy) is 1. The van der Waals surface area contributed by atoms with Crippen LogP contribution in [-0.2, 0) is 0 Å². The second kappa shape index (κ2) is 6.09. The second-order valence-corrected chi connectivity index (χ2v) is 5.43. The van der Waals surface area contributed by atoms with E-state index in [4.69, 9.17) is 4.74 Å². The van der Waals surface area contributed by atoms with Crippen molar-refractivity contribution >= 4 is 5.97 Å². The minimum absolute atomic E-state index is 0.169. The number of rotatable bonds is 4. The zero-order chi connectivity index (χ0) is 13.8. The number of aryl methyl sites for hydroxylation is 1. The van der Waals surface area contributed by atoms with E-state index in [9.17, 15) is 9.90 Å². The molecule has 0 unspecified atom stereocenters. The van der Waals surface area contributed by atoms with Gasteiger partial charge in [-0.1, -0.05) is 25.5 Å². The van der Waals surface area contributed by atoms with Gasteiger partial charge in [-0.05, 0) is 50.2 Å². The fourth-order valence-corrected chi connectivity index (χ4v) is 2.80. The molecule has 0 aliphatic heterocycles. The van der Waals surface area contributed by atoms with Gasteiger partial charge in [-0.25, -0.2) is 4.79 Å². The maximum absolute atomic E-state index is 11.2. The van der Waals surface area contributed by atoms with Gasteiger partial charge in [-0.2, -0.15) is 0 Å². The van der Waals surface area contributed by atoms with Crippen LogP contribution in [0.25, 0.3) is 0 Å². The number of aromatic carboxylic acids is 1. The minimum Gasteiger partial charge on any atom is -0.489 e. The summed E-state index contributed by atoms with van der Waals surface area (Å²) in [5, 5.41) is 9.22. The molecule has 1 fully saturated rings. The number of para-hydroxylation sites is 1. The van der Waals surface area contributed by atoms with E-state index in [-0.39, 0.29) is 11.7 Å². The van der Waals surface area contributed by atoms with Crippen molar-refractivity contribution in [2.45, 2.75) is 52.1 Å². The van der Waals surface area contributed by atoms with Crippen molar-refractivity contribution < 1.29 is 14.6 Å². The summed E-state index contributed by atoms with van der Waals surface area (Å²) in [5.41, 5.74) is 1.18. The van der Waals surface area contributed by atoms with E-state index in [1.165, 1.54) is 19.3 Å². The van der Waals surface area contributed by atoms with E-state index in [0.29, 0.717) is 5.75 Å². The van der Waals surface area contributed by atoms with E-state index >= 15 is 0 Å². The van der Waals surface area contributed by atoms with E-state index in [2.05, 4.69) is 6.92 Å². The predicted molar refractivity (Wildman–Crippen MR) is 74.8 cm³/mol. The molecule has 1 aliphatic carbocycles. The lowest BCUT2D eigenvalue weighted by Crippen LogP contribution is -2.25. The maximum atomic E-state index is 11.2. The Bertz CT molecular complexity index is 445. The van der Waals surface area contributed by atoms with Crippen LogP contribution in [0.5, 0.6) is 5.75 Å². The van der Waals surface area contributed by atoms with Crippen molar-refractivity contribution in [2.24, 2.45) is 5.92 Å². The topological polar surface area (TPSA) is 46.5 Å². The summed E-state index contributed by atoms with van der Waals surface area (Å²) in [7, 11) is 0. The molecule has 1 aromatic rings. The fourth-order valence-electron chi connectivity index (χ4n) is 2.80. The molecule has 3 nitrogen and oxygen atoms in total. The monoisotopic (exact) mass is 262 g/mol. The molecule has 19 heavy (non-hydrogen) atoms. The number of hydrogen-bond donors (Lipinski definition) is 1. The number of carboxylic acids is 1. The Morgan fingerprint density at radius 2 is 2.00 bits per heavy atom. The molecule has 0 atom stereocenters. The Hall–Kier alpha value is -1.51. The quantitative estimate of drug-likeness (QED) is 0.890. The van der Waals surface area contributed by atoms with Crippen molar-refractivity contribution in [3.63, 3.8) is 0 Å². The van der Waals surface area contributed by atoms with Crippen LogP contribution in [0, 0.1) is 12.8 Å². The van der Waals surface area contributed by atoms with Gasteiger partial charge in [0, 0.05) is 0 Å². The van der Waals surface area contributed by atoms with Gasteiger partial charge in [0.25, 0.3) is 0 Å². The Morgan fingerprint density at radius 3 is 2.58 bits per heavy atom.